The van der Waals surface area contributed by atoms with Crippen molar-refractivity contribution >= 4 is 12.4 Å². The number of nitrogens with zero attached hydrogens (tertiary/aromatic N) is 2. The number of carbonyl (C=O) groups is 2. The summed E-state index contributed by atoms with van der Waals surface area (Å²) in [5.41, 5.74) is 1.46. The molecule has 1 aliphatic heterocycles. The first-order valence-corrected chi connectivity index (χ1v) is 8.77. The van der Waals surface area contributed by atoms with E-state index in [4.69, 9.17) is 4.74 Å². The summed E-state index contributed by atoms with van der Waals surface area (Å²) in [6.07, 6.45) is 4.16. The number of rotatable bonds is 5. The highest BCUT2D eigenvalue weighted by Crippen LogP contribution is 2.72. The lowest BCUT2D eigenvalue weighted by molar-refractivity contribution is -0.202. The summed E-state index contributed by atoms with van der Waals surface area (Å²) in [5, 5.41) is 0. The Morgan fingerprint density at radius 2 is 1.75 bits per heavy atom. The molecule has 1 amide bonds. The van der Waals surface area contributed by atoms with Crippen LogP contribution in [-0.4, -0.2) is 54.9 Å². The second kappa shape index (κ2) is 5.88. The number of benzene rings is 1. The van der Waals surface area contributed by atoms with E-state index in [-0.39, 0.29) is 11.5 Å². The van der Waals surface area contributed by atoms with Crippen LogP contribution in [0.2, 0.25) is 0 Å². The summed E-state index contributed by atoms with van der Waals surface area (Å²) in [6.45, 7) is 4.66. The number of aldehydes is 1. The number of hydrogen-bond donors (Lipinski definition) is 0. The normalized spacial score (nSPS) is 31.8. The van der Waals surface area contributed by atoms with Crippen molar-refractivity contribution in [3.8, 4) is 0 Å². The van der Waals surface area contributed by atoms with Crippen LogP contribution in [0.3, 0.4) is 0 Å². The van der Waals surface area contributed by atoms with Gasteiger partial charge in [-0.3, -0.25) is 4.90 Å². The zero-order chi connectivity index (χ0) is 16.6. The van der Waals surface area contributed by atoms with Gasteiger partial charge in [0.1, 0.15) is 12.9 Å². The number of carbonyl (C=O) groups excluding carboxylic acids is 2. The molecule has 128 valence electrons. The number of amides is 1. The van der Waals surface area contributed by atoms with Gasteiger partial charge in [-0.25, -0.2) is 4.79 Å². The van der Waals surface area contributed by atoms with Gasteiger partial charge in [-0.2, -0.15) is 0 Å². The molecule has 1 aromatic carbocycles. The second-order valence-electron chi connectivity index (χ2n) is 7.81. The number of ether oxygens (including phenoxy) is 1. The molecular weight excluding hydrogens is 304 g/mol. The molecule has 3 aliphatic carbocycles. The van der Waals surface area contributed by atoms with Crippen LogP contribution in [0.5, 0.6) is 0 Å². The van der Waals surface area contributed by atoms with Crippen molar-refractivity contribution in [3.63, 3.8) is 0 Å². The predicted octanol–water partition coefficient (Wildman–Crippen LogP) is 2.31. The molecule has 3 saturated carbocycles. The second-order valence-corrected chi connectivity index (χ2v) is 7.81. The molecule has 0 radical (unpaired) electrons. The molecule has 1 heterocycles. The third kappa shape index (κ3) is 2.81. The third-order valence-corrected chi connectivity index (χ3v) is 5.83. The lowest BCUT2D eigenvalue weighted by atomic mass is 9.35. The average Bonchev–Trinajstić information content (AvgIpc) is 2.56. The molecule has 2 bridgehead atoms. The first-order chi connectivity index (χ1) is 11.6. The molecular formula is C19H24N2O3. The van der Waals surface area contributed by atoms with Gasteiger partial charge in [-0.05, 0) is 30.2 Å². The van der Waals surface area contributed by atoms with Crippen molar-refractivity contribution in [2.45, 2.75) is 25.9 Å². The van der Waals surface area contributed by atoms with Crippen molar-refractivity contribution in [1.29, 1.82) is 0 Å². The van der Waals surface area contributed by atoms with Crippen molar-refractivity contribution in [2.24, 2.45) is 10.8 Å². The minimum atomic E-state index is -0.219. The van der Waals surface area contributed by atoms with Gasteiger partial charge in [-0.1, -0.05) is 30.3 Å². The molecule has 4 aliphatic rings. The summed E-state index contributed by atoms with van der Waals surface area (Å²) in [5.74, 6) is 0. The smallest absolute Gasteiger partial charge is 0.410 e. The Balaban J connectivity index is 1.19. The van der Waals surface area contributed by atoms with E-state index in [1.807, 2.05) is 30.3 Å². The summed E-state index contributed by atoms with van der Waals surface area (Å²) in [7, 11) is 0. The fourth-order valence-corrected chi connectivity index (χ4v) is 4.75. The number of hydrogen-bond acceptors (Lipinski definition) is 4. The maximum atomic E-state index is 12.2. The highest BCUT2D eigenvalue weighted by Gasteiger charge is 2.67. The largest absolute Gasteiger partial charge is 0.445 e. The van der Waals surface area contributed by atoms with Gasteiger partial charge in [0, 0.05) is 38.1 Å². The molecule has 1 aromatic rings. The molecule has 0 atom stereocenters. The predicted molar refractivity (Wildman–Crippen MR) is 89.4 cm³/mol. The highest BCUT2D eigenvalue weighted by molar-refractivity contribution is 5.68. The first kappa shape index (κ1) is 15.6. The molecule has 4 fully saturated rings. The monoisotopic (exact) mass is 328 g/mol. The molecule has 5 rings (SSSR count). The highest BCUT2D eigenvalue weighted by atomic mass is 16.6. The van der Waals surface area contributed by atoms with E-state index in [9.17, 15) is 9.59 Å². The van der Waals surface area contributed by atoms with Gasteiger partial charge in [-0.15, -0.1) is 0 Å². The van der Waals surface area contributed by atoms with E-state index in [2.05, 4.69) is 4.90 Å². The lowest BCUT2D eigenvalue weighted by Gasteiger charge is -2.69. The van der Waals surface area contributed by atoms with Gasteiger partial charge in [0.2, 0.25) is 0 Å². The van der Waals surface area contributed by atoms with E-state index in [1.54, 1.807) is 4.90 Å². The van der Waals surface area contributed by atoms with Crippen LogP contribution >= 0.6 is 0 Å². The van der Waals surface area contributed by atoms with Crippen molar-refractivity contribution in [1.82, 2.24) is 9.80 Å². The fraction of sp³-hybridized carbons (Fsp3) is 0.579. The Morgan fingerprint density at radius 3 is 2.38 bits per heavy atom. The van der Waals surface area contributed by atoms with Crippen molar-refractivity contribution in [3.05, 3.63) is 35.9 Å². The van der Waals surface area contributed by atoms with Crippen LogP contribution in [0.1, 0.15) is 24.8 Å². The van der Waals surface area contributed by atoms with Crippen molar-refractivity contribution in [2.75, 3.05) is 32.7 Å². The number of piperazine rings is 1. The molecule has 0 aromatic heterocycles. The Kier molecular flexibility index (Phi) is 3.83. The minimum absolute atomic E-state index is 0.0447. The molecule has 0 spiro atoms. The maximum Gasteiger partial charge on any atom is 0.410 e. The van der Waals surface area contributed by atoms with Crippen molar-refractivity contribution < 1.29 is 14.3 Å². The first-order valence-electron chi connectivity index (χ1n) is 8.77. The zero-order valence-corrected chi connectivity index (χ0v) is 13.9. The lowest BCUT2D eigenvalue weighted by Crippen LogP contribution is -2.67. The quantitative estimate of drug-likeness (QED) is 0.778. The van der Waals surface area contributed by atoms with Gasteiger partial charge in [0.15, 0.2) is 0 Å². The maximum absolute atomic E-state index is 12.2. The molecule has 0 unspecified atom stereocenters. The molecule has 5 nitrogen and oxygen atoms in total. The van der Waals surface area contributed by atoms with E-state index in [0.29, 0.717) is 12.0 Å². The van der Waals surface area contributed by atoms with Crippen LogP contribution in [0.4, 0.5) is 4.79 Å². The third-order valence-electron chi connectivity index (χ3n) is 5.83. The van der Waals surface area contributed by atoms with Gasteiger partial charge < -0.3 is 14.4 Å². The minimum Gasteiger partial charge on any atom is -0.445 e. The van der Waals surface area contributed by atoms with E-state index in [1.165, 1.54) is 0 Å². The molecule has 5 heteroatoms. The molecule has 24 heavy (non-hydrogen) atoms. The standard InChI is InChI=1S/C19H24N2O3/c22-15-19-11-18(12-19,13-19)14-20-6-8-21(9-7-20)17(23)24-10-16-4-2-1-3-5-16/h1-5,15H,6-14H2. The summed E-state index contributed by atoms with van der Waals surface area (Å²) in [6, 6.07) is 9.76. The Labute approximate surface area is 142 Å². The SMILES string of the molecule is O=CC12CC(CN3CCN(C(=O)OCc4ccccc4)CC3)(C1)C2. The van der Waals surface area contributed by atoms with Crippen LogP contribution in [0, 0.1) is 10.8 Å². The van der Waals surface area contributed by atoms with E-state index < -0.39 is 0 Å². The van der Waals surface area contributed by atoms with Gasteiger partial charge in [0.05, 0.1) is 0 Å². The summed E-state index contributed by atoms with van der Waals surface area (Å²) in [4.78, 5) is 27.4. The van der Waals surface area contributed by atoms with Crippen LogP contribution in [0.15, 0.2) is 30.3 Å². The van der Waals surface area contributed by atoms with Gasteiger partial charge in [0.25, 0.3) is 0 Å². The fourth-order valence-electron chi connectivity index (χ4n) is 4.75. The Morgan fingerprint density at radius 1 is 1.08 bits per heavy atom. The van der Waals surface area contributed by atoms with E-state index in [0.717, 1.165) is 63.8 Å². The Hall–Kier alpha value is -1.88. The molecule has 0 N–H and O–H groups in total. The van der Waals surface area contributed by atoms with Crippen LogP contribution < -0.4 is 0 Å². The van der Waals surface area contributed by atoms with Crippen LogP contribution in [-0.2, 0) is 16.1 Å². The topological polar surface area (TPSA) is 49.9 Å². The zero-order valence-electron chi connectivity index (χ0n) is 13.9. The van der Waals surface area contributed by atoms with Crippen LogP contribution in [0.25, 0.3) is 0 Å². The summed E-state index contributed by atoms with van der Waals surface area (Å²) >= 11 is 0. The average molecular weight is 328 g/mol. The molecule has 1 saturated heterocycles. The van der Waals surface area contributed by atoms with E-state index >= 15 is 0 Å². The Bertz CT molecular complexity index is 603. The summed E-state index contributed by atoms with van der Waals surface area (Å²) < 4.78 is 5.40. The van der Waals surface area contributed by atoms with Gasteiger partial charge >= 0.3 is 6.09 Å².